The van der Waals surface area contributed by atoms with E-state index in [0.29, 0.717) is 6.54 Å². The predicted molar refractivity (Wildman–Crippen MR) is 112 cm³/mol. The van der Waals surface area contributed by atoms with Gasteiger partial charge in [0.15, 0.2) is 5.96 Å². The summed E-state index contributed by atoms with van der Waals surface area (Å²) in [5.41, 5.74) is 1.88. The minimum atomic E-state index is 0.00345. The summed E-state index contributed by atoms with van der Waals surface area (Å²) in [7, 11) is 1.74. The number of hydrogen-bond donors (Lipinski definition) is 3. The van der Waals surface area contributed by atoms with Crippen molar-refractivity contribution in [3.8, 4) is 0 Å². The summed E-state index contributed by atoms with van der Waals surface area (Å²) in [6.07, 6.45) is 3.43. The molecule has 152 valence electrons. The number of guanidine groups is 1. The van der Waals surface area contributed by atoms with E-state index in [4.69, 9.17) is 0 Å². The van der Waals surface area contributed by atoms with Gasteiger partial charge < -0.3 is 20.5 Å². The van der Waals surface area contributed by atoms with Gasteiger partial charge >= 0.3 is 0 Å². The summed E-state index contributed by atoms with van der Waals surface area (Å²) in [4.78, 5) is 16.3. The normalized spacial score (nSPS) is 12.5. The fourth-order valence-corrected chi connectivity index (χ4v) is 2.65. The number of aromatic nitrogens is 3. The molecule has 2 rings (SSSR count). The smallest absolute Gasteiger partial charge is 0.227 e. The minimum absolute atomic E-state index is 0.00345. The SMILES string of the molecule is CCc1nncn1CCNC(=NC)NCc1cccc(NC(=O)C(C)CC)c1. The van der Waals surface area contributed by atoms with Crippen LogP contribution < -0.4 is 16.0 Å². The average molecular weight is 386 g/mol. The molecule has 0 radical (unpaired) electrons. The molecule has 28 heavy (non-hydrogen) atoms. The maximum Gasteiger partial charge on any atom is 0.227 e. The van der Waals surface area contributed by atoms with Crippen LogP contribution in [-0.4, -0.2) is 40.2 Å². The number of carbonyl (C=O) groups excluding carboxylic acids is 1. The molecule has 0 aliphatic carbocycles. The summed E-state index contributed by atoms with van der Waals surface area (Å²) in [6.45, 7) is 8.10. The van der Waals surface area contributed by atoms with E-state index in [-0.39, 0.29) is 11.8 Å². The third-order valence-corrected chi connectivity index (χ3v) is 4.60. The molecular weight excluding hydrogens is 354 g/mol. The molecule has 8 heteroatoms. The van der Waals surface area contributed by atoms with Gasteiger partial charge in [0.05, 0.1) is 0 Å². The highest BCUT2D eigenvalue weighted by molar-refractivity contribution is 5.92. The van der Waals surface area contributed by atoms with Crippen molar-refractivity contribution in [1.82, 2.24) is 25.4 Å². The molecule has 3 N–H and O–H groups in total. The Morgan fingerprint density at radius 1 is 1.29 bits per heavy atom. The molecule has 1 aromatic heterocycles. The Labute approximate surface area is 166 Å². The van der Waals surface area contributed by atoms with E-state index in [1.165, 1.54) is 0 Å². The lowest BCUT2D eigenvalue weighted by Crippen LogP contribution is -2.38. The molecule has 0 aliphatic rings. The van der Waals surface area contributed by atoms with Crippen LogP contribution in [0, 0.1) is 5.92 Å². The Morgan fingerprint density at radius 2 is 2.11 bits per heavy atom. The van der Waals surface area contributed by atoms with Gasteiger partial charge in [-0.05, 0) is 24.1 Å². The summed E-state index contributed by atoms with van der Waals surface area (Å²) >= 11 is 0. The zero-order chi connectivity index (χ0) is 20.4. The van der Waals surface area contributed by atoms with Gasteiger partial charge in [0.25, 0.3) is 0 Å². The van der Waals surface area contributed by atoms with Gasteiger partial charge in [-0.3, -0.25) is 9.79 Å². The molecule has 0 saturated carbocycles. The summed E-state index contributed by atoms with van der Waals surface area (Å²) in [5, 5.41) is 17.6. The highest BCUT2D eigenvalue weighted by atomic mass is 16.1. The second-order valence-electron chi connectivity index (χ2n) is 6.65. The van der Waals surface area contributed by atoms with Gasteiger partial charge in [-0.25, -0.2) is 0 Å². The minimum Gasteiger partial charge on any atom is -0.355 e. The van der Waals surface area contributed by atoms with Crippen LogP contribution in [0.15, 0.2) is 35.6 Å². The number of anilines is 1. The fourth-order valence-electron chi connectivity index (χ4n) is 2.65. The molecule has 0 saturated heterocycles. The number of aliphatic imine (C=N–C) groups is 1. The van der Waals surface area contributed by atoms with E-state index in [9.17, 15) is 4.79 Å². The van der Waals surface area contributed by atoms with Crippen molar-refractivity contribution in [2.75, 3.05) is 18.9 Å². The maximum absolute atomic E-state index is 12.1. The van der Waals surface area contributed by atoms with Gasteiger partial charge in [0.1, 0.15) is 12.2 Å². The lowest BCUT2D eigenvalue weighted by molar-refractivity contribution is -0.119. The number of aryl methyl sites for hydroxylation is 1. The first-order valence-electron chi connectivity index (χ1n) is 9.78. The molecule has 1 aromatic carbocycles. The molecule has 1 heterocycles. The monoisotopic (exact) mass is 385 g/mol. The van der Waals surface area contributed by atoms with Gasteiger partial charge in [-0.15, -0.1) is 10.2 Å². The van der Waals surface area contributed by atoms with E-state index in [2.05, 4.69) is 38.1 Å². The predicted octanol–water partition coefficient (Wildman–Crippen LogP) is 2.19. The summed E-state index contributed by atoms with van der Waals surface area (Å²) in [6, 6.07) is 7.84. The van der Waals surface area contributed by atoms with Crippen LogP contribution >= 0.6 is 0 Å². The molecule has 2 aromatic rings. The van der Waals surface area contributed by atoms with Crippen molar-refractivity contribution >= 4 is 17.6 Å². The molecule has 1 atom stereocenters. The first-order chi connectivity index (χ1) is 13.6. The van der Waals surface area contributed by atoms with Crippen molar-refractivity contribution in [2.24, 2.45) is 10.9 Å². The van der Waals surface area contributed by atoms with Crippen molar-refractivity contribution in [1.29, 1.82) is 0 Å². The number of nitrogens with one attached hydrogen (secondary N) is 3. The molecule has 1 unspecified atom stereocenters. The first kappa shape index (κ1) is 21.4. The molecule has 0 fully saturated rings. The molecule has 0 spiro atoms. The number of rotatable bonds is 9. The van der Waals surface area contributed by atoms with Gasteiger partial charge in [0, 0.05) is 44.7 Å². The van der Waals surface area contributed by atoms with E-state index in [1.54, 1.807) is 13.4 Å². The van der Waals surface area contributed by atoms with Crippen LogP contribution in [0.3, 0.4) is 0 Å². The Balaban J connectivity index is 1.82. The Morgan fingerprint density at radius 3 is 2.82 bits per heavy atom. The van der Waals surface area contributed by atoms with Crippen molar-refractivity contribution in [2.45, 2.75) is 46.7 Å². The first-order valence-corrected chi connectivity index (χ1v) is 9.78. The van der Waals surface area contributed by atoms with Crippen LogP contribution in [0.25, 0.3) is 0 Å². The van der Waals surface area contributed by atoms with Gasteiger partial charge in [0.2, 0.25) is 5.91 Å². The van der Waals surface area contributed by atoms with Crippen LogP contribution in [0.2, 0.25) is 0 Å². The average Bonchev–Trinajstić information content (AvgIpc) is 3.17. The van der Waals surface area contributed by atoms with Crippen molar-refractivity contribution in [3.05, 3.63) is 42.0 Å². The van der Waals surface area contributed by atoms with Crippen LogP contribution in [0.4, 0.5) is 5.69 Å². The van der Waals surface area contributed by atoms with E-state index < -0.39 is 0 Å². The van der Waals surface area contributed by atoms with E-state index >= 15 is 0 Å². The third kappa shape index (κ3) is 6.37. The fraction of sp³-hybridized carbons (Fsp3) is 0.500. The Kier molecular flexibility index (Phi) is 8.45. The second kappa shape index (κ2) is 11.1. The van der Waals surface area contributed by atoms with Crippen molar-refractivity contribution < 1.29 is 4.79 Å². The molecule has 8 nitrogen and oxygen atoms in total. The van der Waals surface area contributed by atoms with Crippen LogP contribution in [-0.2, 0) is 24.3 Å². The van der Waals surface area contributed by atoms with Crippen LogP contribution in [0.1, 0.15) is 38.6 Å². The Bertz CT molecular complexity index is 784. The van der Waals surface area contributed by atoms with Crippen molar-refractivity contribution in [3.63, 3.8) is 0 Å². The lowest BCUT2D eigenvalue weighted by atomic mass is 10.1. The number of nitrogens with zero attached hydrogens (tertiary/aromatic N) is 4. The number of hydrogen-bond acceptors (Lipinski definition) is 4. The van der Waals surface area contributed by atoms with Gasteiger partial charge in [-0.2, -0.15) is 0 Å². The number of carbonyl (C=O) groups is 1. The zero-order valence-corrected chi connectivity index (χ0v) is 17.2. The summed E-state index contributed by atoms with van der Waals surface area (Å²) in [5.74, 6) is 1.75. The summed E-state index contributed by atoms with van der Waals surface area (Å²) < 4.78 is 2.03. The maximum atomic E-state index is 12.1. The number of amides is 1. The molecule has 0 aliphatic heterocycles. The quantitative estimate of drug-likeness (QED) is 0.454. The standard InChI is InChI=1S/C20H31N7O/c1-5-15(3)19(28)25-17-9-7-8-16(12-17)13-23-20(21-4)22-10-11-27-14-24-26-18(27)6-2/h7-9,12,14-15H,5-6,10-11,13H2,1-4H3,(H,25,28)(H2,21,22,23). The third-order valence-electron chi connectivity index (χ3n) is 4.60. The molecule has 0 bridgehead atoms. The highest BCUT2D eigenvalue weighted by Gasteiger charge is 2.10. The topological polar surface area (TPSA) is 96.2 Å². The molecule has 1 amide bonds. The molecular formula is C20H31N7O. The Hall–Kier alpha value is -2.90. The zero-order valence-electron chi connectivity index (χ0n) is 17.2. The number of benzene rings is 1. The highest BCUT2D eigenvalue weighted by Crippen LogP contribution is 2.13. The van der Waals surface area contributed by atoms with E-state index in [1.807, 2.05) is 42.7 Å². The lowest BCUT2D eigenvalue weighted by Gasteiger charge is -2.14. The van der Waals surface area contributed by atoms with Crippen LogP contribution in [0.5, 0.6) is 0 Å². The largest absolute Gasteiger partial charge is 0.355 e. The second-order valence-corrected chi connectivity index (χ2v) is 6.65. The van der Waals surface area contributed by atoms with E-state index in [0.717, 1.165) is 49.0 Å². The van der Waals surface area contributed by atoms with Gasteiger partial charge in [-0.1, -0.05) is 32.9 Å².